The van der Waals surface area contributed by atoms with Gasteiger partial charge in [-0.15, -0.1) is 6.42 Å². The van der Waals surface area contributed by atoms with Gasteiger partial charge >= 0.3 is 6.01 Å². The summed E-state index contributed by atoms with van der Waals surface area (Å²) in [6, 6.07) is 6.09. The van der Waals surface area contributed by atoms with Gasteiger partial charge in [-0.1, -0.05) is 18.4 Å². The molecule has 290 valence electrons. The highest BCUT2D eigenvalue weighted by Crippen LogP contribution is 2.60. The van der Waals surface area contributed by atoms with Crippen molar-refractivity contribution in [3.63, 3.8) is 0 Å². The predicted octanol–water partition coefficient (Wildman–Crippen LogP) is 6.76. The summed E-state index contributed by atoms with van der Waals surface area (Å²) >= 11 is 0. The number of β-amino-alcohol motifs (C(OH)–C–C–N with tert-alkyl or cyclic N) is 1. The number of aromatic hydroxyl groups is 1. The Labute approximate surface area is 320 Å². The third-order valence-electron chi connectivity index (χ3n) is 13.8. The van der Waals surface area contributed by atoms with Crippen LogP contribution in [0.4, 0.5) is 14.6 Å². The maximum atomic E-state index is 17.2. The molecule has 0 bridgehead atoms. The molecule has 12 heteroatoms. The summed E-state index contributed by atoms with van der Waals surface area (Å²) in [4.78, 5) is 18.8. The van der Waals surface area contributed by atoms with Gasteiger partial charge < -0.3 is 29.3 Å². The van der Waals surface area contributed by atoms with Gasteiger partial charge in [0.15, 0.2) is 5.82 Å². The first kappa shape index (κ1) is 36.5. The molecular formula is C43H49F2N5O5. The highest BCUT2D eigenvalue weighted by atomic mass is 19.1. The summed E-state index contributed by atoms with van der Waals surface area (Å²) in [7, 11) is 0. The van der Waals surface area contributed by atoms with E-state index in [1.807, 2.05) is 4.90 Å². The Balaban J connectivity index is 1.11. The van der Waals surface area contributed by atoms with Gasteiger partial charge in [-0.3, -0.25) is 9.88 Å². The van der Waals surface area contributed by atoms with E-state index in [1.165, 1.54) is 43.3 Å². The monoisotopic (exact) mass is 753 g/mol. The van der Waals surface area contributed by atoms with Gasteiger partial charge in [-0.05, 0) is 101 Å². The number of halogens is 2. The zero-order valence-electron chi connectivity index (χ0n) is 31.7. The number of terminal acetylenes is 1. The van der Waals surface area contributed by atoms with Gasteiger partial charge in [0.25, 0.3) is 0 Å². The van der Waals surface area contributed by atoms with E-state index >= 15 is 8.78 Å². The van der Waals surface area contributed by atoms with Crippen LogP contribution in [0.25, 0.3) is 32.9 Å². The van der Waals surface area contributed by atoms with Crippen molar-refractivity contribution >= 4 is 27.5 Å². The highest BCUT2D eigenvalue weighted by molar-refractivity contribution is 6.03. The molecule has 3 atom stereocenters. The molecular weight excluding hydrogens is 704 g/mol. The van der Waals surface area contributed by atoms with Crippen LogP contribution in [0.1, 0.15) is 77.2 Å². The number of phenolic OH excluding ortho intramolecular Hbond substituents is 1. The molecule has 0 unspecified atom stereocenters. The SMILES string of the molecule is C#Cc1c(F)ccc2cc(O)cc(-c3ncc4c(N5CCOC[C@@](C)(O)C5)nc(OC[C@@]56CCCN(C7CC8(CCOCC8)C7)[C@]5(C)CCC6)nc4c3F)c12. The van der Waals surface area contributed by atoms with E-state index in [4.69, 9.17) is 30.6 Å². The van der Waals surface area contributed by atoms with Gasteiger partial charge in [0, 0.05) is 53.9 Å². The van der Waals surface area contributed by atoms with Crippen molar-refractivity contribution in [1.29, 1.82) is 0 Å². The van der Waals surface area contributed by atoms with Crippen LogP contribution in [0.5, 0.6) is 11.8 Å². The predicted molar refractivity (Wildman–Crippen MR) is 205 cm³/mol. The number of aromatic nitrogens is 3. The van der Waals surface area contributed by atoms with E-state index in [-0.39, 0.29) is 63.6 Å². The Hall–Kier alpha value is -4.15. The van der Waals surface area contributed by atoms with Crippen LogP contribution in [0.3, 0.4) is 0 Å². The molecule has 3 aliphatic heterocycles. The van der Waals surface area contributed by atoms with Gasteiger partial charge in [0.2, 0.25) is 0 Å². The lowest BCUT2D eigenvalue weighted by Gasteiger charge is -2.62. The summed E-state index contributed by atoms with van der Waals surface area (Å²) in [6.45, 7) is 8.35. The Kier molecular flexibility index (Phi) is 8.96. The number of ether oxygens (including phenoxy) is 3. The zero-order chi connectivity index (χ0) is 38.2. The fraction of sp³-hybridized carbons (Fsp3) is 0.558. The third kappa shape index (κ3) is 6.09. The summed E-state index contributed by atoms with van der Waals surface area (Å²) in [6.07, 6.45) is 17.3. The molecule has 4 aromatic rings. The maximum absolute atomic E-state index is 17.2. The van der Waals surface area contributed by atoms with E-state index in [9.17, 15) is 10.2 Å². The molecule has 2 aliphatic carbocycles. The smallest absolute Gasteiger partial charge is 0.319 e. The Morgan fingerprint density at radius 3 is 2.60 bits per heavy atom. The van der Waals surface area contributed by atoms with E-state index in [0.717, 1.165) is 64.7 Å². The number of hydrogen-bond acceptors (Lipinski definition) is 10. The molecule has 2 N–H and O–H groups in total. The molecule has 5 fully saturated rings. The molecule has 2 aromatic heterocycles. The standard InChI is InChI=1S/C43H49F2N5O5/c1-4-30-33(44)8-7-27-19-29(51)20-31(34(27)30)36-35(45)37-32(23-46-36)38(49-15-18-54-25-40(2,52)24-49)48-39(47-37)55-26-43-10-5-9-41(43,3)50(14-6-11-43)28-21-42(22-28)12-16-53-17-13-42/h1,7-8,19-20,23,28,51-52H,5-6,9-18,21-22,24-26H2,2-3H3/t40-,41+,43+/m0/s1. The third-order valence-corrected chi connectivity index (χ3v) is 13.8. The molecule has 5 heterocycles. The van der Waals surface area contributed by atoms with Crippen LogP contribution in [0.15, 0.2) is 30.5 Å². The lowest BCUT2D eigenvalue weighted by atomic mass is 9.58. The van der Waals surface area contributed by atoms with Crippen LogP contribution in [-0.2, 0) is 9.47 Å². The summed E-state index contributed by atoms with van der Waals surface area (Å²) < 4.78 is 50.3. The highest BCUT2D eigenvalue weighted by Gasteiger charge is 2.61. The van der Waals surface area contributed by atoms with Crippen LogP contribution in [0.2, 0.25) is 0 Å². The number of aliphatic hydroxyl groups is 1. The van der Waals surface area contributed by atoms with Gasteiger partial charge in [0.1, 0.15) is 34.2 Å². The zero-order valence-corrected chi connectivity index (χ0v) is 31.7. The Bertz CT molecular complexity index is 2200. The average molecular weight is 754 g/mol. The second kappa shape index (κ2) is 13.5. The molecule has 3 saturated heterocycles. The van der Waals surface area contributed by atoms with E-state index < -0.39 is 17.2 Å². The first-order chi connectivity index (χ1) is 26.4. The van der Waals surface area contributed by atoms with E-state index in [2.05, 4.69) is 22.7 Å². The second-order valence-corrected chi connectivity index (χ2v) is 17.3. The van der Waals surface area contributed by atoms with Crippen molar-refractivity contribution in [1.82, 2.24) is 19.9 Å². The Morgan fingerprint density at radius 2 is 1.80 bits per heavy atom. The molecule has 9 rings (SSSR count). The molecule has 1 spiro atoms. The Morgan fingerprint density at radius 1 is 1.00 bits per heavy atom. The molecule has 2 aromatic carbocycles. The number of rotatable bonds is 6. The molecule has 55 heavy (non-hydrogen) atoms. The number of pyridine rings is 1. The molecule has 0 amide bonds. The van der Waals surface area contributed by atoms with Crippen molar-refractivity contribution in [2.45, 2.75) is 88.8 Å². The molecule has 5 aliphatic rings. The number of piperidine rings is 1. The fourth-order valence-corrected chi connectivity index (χ4v) is 10.9. The lowest BCUT2D eigenvalue weighted by molar-refractivity contribution is -0.146. The van der Waals surface area contributed by atoms with Crippen LogP contribution >= 0.6 is 0 Å². The number of fused-ring (bicyclic) bond motifs is 3. The minimum Gasteiger partial charge on any atom is -0.508 e. The maximum Gasteiger partial charge on any atom is 0.319 e. The molecule has 0 radical (unpaired) electrons. The lowest BCUT2D eigenvalue weighted by Crippen LogP contribution is -2.67. The quantitative estimate of drug-likeness (QED) is 0.205. The van der Waals surface area contributed by atoms with Crippen molar-refractivity contribution < 1.29 is 33.2 Å². The number of benzene rings is 2. The van der Waals surface area contributed by atoms with Crippen molar-refractivity contribution in [2.75, 3.05) is 57.6 Å². The summed E-state index contributed by atoms with van der Waals surface area (Å²) in [5.74, 6) is 1.19. The number of nitrogens with zero attached hydrogens (tertiary/aromatic N) is 5. The summed E-state index contributed by atoms with van der Waals surface area (Å²) in [5.41, 5.74) is -1.06. The minimum atomic E-state index is -1.20. The fourth-order valence-electron chi connectivity index (χ4n) is 10.9. The first-order valence-corrected chi connectivity index (χ1v) is 19.7. The molecule has 2 saturated carbocycles. The van der Waals surface area contributed by atoms with Crippen molar-refractivity contribution in [3.05, 3.63) is 47.7 Å². The minimum absolute atomic E-state index is 0.0324. The second-order valence-electron chi connectivity index (χ2n) is 17.3. The molecule has 10 nitrogen and oxygen atoms in total. The normalized spacial score (nSPS) is 28.5. The van der Waals surface area contributed by atoms with Crippen LogP contribution in [0, 0.1) is 34.8 Å². The topological polar surface area (TPSA) is 113 Å². The number of hydrogen-bond donors (Lipinski definition) is 2. The average Bonchev–Trinajstić information content (AvgIpc) is 3.40. The number of likely N-dealkylation sites (tertiary alicyclic amines) is 1. The van der Waals surface area contributed by atoms with E-state index in [0.29, 0.717) is 47.8 Å². The van der Waals surface area contributed by atoms with Crippen molar-refractivity contribution in [2.24, 2.45) is 10.8 Å². The summed E-state index contributed by atoms with van der Waals surface area (Å²) in [5, 5.41) is 22.8. The van der Waals surface area contributed by atoms with Gasteiger partial charge in [-0.2, -0.15) is 9.97 Å². The van der Waals surface area contributed by atoms with Crippen LogP contribution < -0.4 is 9.64 Å². The largest absolute Gasteiger partial charge is 0.508 e. The van der Waals surface area contributed by atoms with E-state index in [1.54, 1.807) is 6.92 Å². The van der Waals surface area contributed by atoms with Gasteiger partial charge in [0.05, 0.1) is 37.3 Å². The van der Waals surface area contributed by atoms with Gasteiger partial charge in [-0.25, -0.2) is 8.78 Å². The van der Waals surface area contributed by atoms with Crippen molar-refractivity contribution in [3.8, 4) is 35.4 Å². The first-order valence-electron chi connectivity index (χ1n) is 19.7. The number of anilines is 1. The number of phenols is 1. The van der Waals surface area contributed by atoms with Crippen LogP contribution in [-0.4, -0.2) is 99.9 Å².